The van der Waals surface area contributed by atoms with Crippen molar-refractivity contribution in [2.75, 3.05) is 30.1 Å². The zero-order valence-electron chi connectivity index (χ0n) is 39.2. The maximum absolute atomic E-state index is 14.5. The summed E-state index contributed by atoms with van der Waals surface area (Å²) in [6.07, 6.45) is 2.73. The molecule has 2 fully saturated rings. The monoisotopic (exact) mass is 995 g/mol. The maximum atomic E-state index is 14.5. The third-order valence-electron chi connectivity index (χ3n) is 11.9. The Morgan fingerprint density at radius 1 is 0.843 bits per heavy atom. The van der Waals surface area contributed by atoms with E-state index in [4.69, 9.17) is 30.9 Å². The number of oxime groups is 1. The number of hydrogen-bond donors (Lipinski definition) is 2. The van der Waals surface area contributed by atoms with Crippen LogP contribution in [0.1, 0.15) is 67.3 Å². The Hall–Kier alpha value is -6.74. The molecule has 360 valence electrons. The Balaban J connectivity index is 1.06. The molecule has 3 heterocycles. The number of carbonyl (C=O) groups is 4. The average molecular weight is 997 g/mol. The minimum absolute atomic E-state index is 0.0120. The van der Waals surface area contributed by atoms with Gasteiger partial charge in [0.15, 0.2) is 16.9 Å². The van der Waals surface area contributed by atoms with Gasteiger partial charge in [-0.25, -0.2) is 4.98 Å². The first kappa shape index (κ1) is 49.7. The number of benzene rings is 5. The van der Waals surface area contributed by atoms with Gasteiger partial charge in [-0.05, 0) is 55.5 Å². The lowest BCUT2D eigenvalue weighted by atomic mass is 9.77. The summed E-state index contributed by atoms with van der Waals surface area (Å²) in [6.45, 7) is 6.79. The molecule has 1 aromatic heterocycles. The number of fused-ring (bicyclic) bond motifs is 1. The lowest BCUT2D eigenvalue weighted by Crippen LogP contribution is -2.74. The molecule has 0 saturated carbocycles. The number of thioether (sulfide) groups is 1. The van der Waals surface area contributed by atoms with Crippen molar-refractivity contribution in [3.05, 3.63) is 203 Å². The number of aromatic nitrogens is 1. The number of halogens is 1. The molecule has 15 heteroatoms. The minimum atomic E-state index is -1.23. The molecule has 0 aliphatic carbocycles. The zero-order chi connectivity index (χ0) is 49.3. The lowest BCUT2D eigenvalue weighted by molar-refractivity contribution is -0.163. The molecular weight excluding hydrogens is 942 g/mol. The van der Waals surface area contributed by atoms with Crippen LogP contribution in [0.3, 0.4) is 0 Å². The van der Waals surface area contributed by atoms with E-state index >= 15 is 0 Å². The number of thiazole rings is 1. The third-order valence-corrected chi connectivity index (χ3v) is 14.4. The minimum Gasteiger partial charge on any atom is -0.460 e. The highest BCUT2D eigenvalue weighted by molar-refractivity contribution is 8.00. The van der Waals surface area contributed by atoms with E-state index in [1.165, 1.54) is 23.1 Å². The van der Waals surface area contributed by atoms with Crippen LogP contribution in [0, 0.1) is 11.3 Å². The molecule has 0 spiro atoms. The fourth-order valence-electron chi connectivity index (χ4n) is 8.45. The summed E-state index contributed by atoms with van der Waals surface area (Å²) in [5, 5.41) is 12.6. The predicted octanol–water partition coefficient (Wildman–Crippen LogP) is 9.76. The van der Waals surface area contributed by atoms with Gasteiger partial charge in [-0.1, -0.05) is 169 Å². The predicted molar refractivity (Wildman–Crippen MR) is 275 cm³/mol. The largest absolute Gasteiger partial charge is 0.460 e. The number of amides is 2. The molecule has 2 aliphatic heterocycles. The highest BCUT2D eigenvalue weighted by Gasteiger charge is 2.57. The molecule has 8 rings (SSSR count). The van der Waals surface area contributed by atoms with Crippen molar-refractivity contribution in [3.8, 4) is 0 Å². The standard InChI is InChI=1S/C55H54ClN5O7S2/c1-37(50(64)68-53(2,3)4)33-66-60-44(43-34-69-52(57-43)59-55(40-25-14-7-15-26-40,41-27-16-8-17-28-41)42-29-18-9-19-30-42)47(62)58-45-48(63)61-35-54(31-20-32-56,36-70-49(45)61)51(65)67-46(38-21-10-5-11-22-38)39-23-12-6-13-24-39/h5-31,34,37,45-46,49H,32-33,35-36H2,1-4H3,(H,57,59)(H,58,62)/t37?,45?,49-,54?/m1/s1. The van der Waals surface area contributed by atoms with E-state index in [1.807, 2.05) is 115 Å². The second-order valence-electron chi connectivity index (χ2n) is 18.1. The number of alkyl halides is 1. The molecule has 2 aliphatic rings. The summed E-state index contributed by atoms with van der Waals surface area (Å²) in [7, 11) is 0. The number of anilines is 1. The topological polar surface area (TPSA) is 149 Å². The van der Waals surface area contributed by atoms with Crippen molar-refractivity contribution < 1.29 is 33.5 Å². The quantitative estimate of drug-likeness (QED) is 0.0162. The molecule has 0 bridgehead atoms. The molecule has 5 aromatic carbocycles. The first-order valence-corrected chi connectivity index (χ1v) is 25.4. The van der Waals surface area contributed by atoms with Crippen LogP contribution in [-0.2, 0) is 39.0 Å². The SMILES string of the molecule is CC(CON=C(C(=O)NC1C(=O)N2CC(C=CCCl)(C(=O)OC(c3ccccc3)c3ccccc3)CS[C@H]12)c1csc(NC(c2ccccc2)(c2ccccc2)c2ccccc2)n1)C(=O)OC(C)(C)C. The molecule has 2 saturated heterocycles. The van der Waals surface area contributed by atoms with Gasteiger partial charge in [0.05, 0.1) is 5.92 Å². The van der Waals surface area contributed by atoms with Crippen molar-refractivity contribution in [1.82, 2.24) is 15.2 Å². The molecule has 2 amide bonds. The Labute approximate surface area is 421 Å². The van der Waals surface area contributed by atoms with E-state index < -0.39 is 57.8 Å². The van der Waals surface area contributed by atoms with Crippen LogP contribution in [-0.4, -0.2) is 81.1 Å². The first-order valence-electron chi connectivity index (χ1n) is 22.9. The van der Waals surface area contributed by atoms with Crippen molar-refractivity contribution in [2.24, 2.45) is 16.5 Å². The number of esters is 2. The van der Waals surface area contributed by atoms with Crippen LogP contribution in [0.2, 0.25) is 0 Å². The number of carbonyl (C=O) groups excluding carboxylic acids is 4. The summed E-state index contributed by atoms with van der Waals surface area (Å²) >= 11 is 8.77. The molecule has 12 nitrogen and oxygen atoms in total. The Kier molecular flexibility index (Phi) is 15.6. The number of nitrogens with one attached hydrogen (secondary N) is 2. The fourth-order valence-corrected chi connectivity index (χ4v) is 10.8. The van der Waals surface area contributed by atoms with Crippen LogP contribution in [0.15, 0.2) is 174 Å². The third kappa shape index (κ3) is 11.0. The summed E-state index contributed by atoms with van der Waals surface area (Å²) in [5.41, 5.74) is 1.58. The second-order valence-corrected chi connectivity index (χ2v) is 20.4. The summed E-state index contributed by atoms with van der Waals surface area (Å²) in [4.78, 5) is 68.3. The van der Waals surface area contributed by atoms with Crippen molar-refractivity contribution in [2.45, 2.75) is 56.4 Å². The molecule has 4 atom stereocenters. The maximum Gasteiger partial charge on any atom is 0.319 e. The molecule has 0 radical (unpaired) electrons. The molecule has 6 aromatic rings. The van der Waals surface area contributed by atoms with E-state index in [9.17, 15) is 19.2 Å². The van der Waals surface area contributed by atoms with Gasteiger partial charge < -0.3 is 29.8 Å². The number of nitrogens with zero attached hydrogens (tertiary/aromatic N) is 3. The molecule has 70 heavy (non-hydrogen) atoms. The van der Waals surface area contributed by atoms with Gasteiger partial charge in [-0.15, -0.1) is 34.7 Å². The average Bonchev–Trinajstić information content (AvgIpc) is 3.85. The summed E-state index contributed by atoms with van der Waals surface area (Å²) < 4.78 is 11.9. The van der Waals surface area contributed by atoms with E-state index in [-0.39, 0.29) is 42.1 Å². The summed E-state index contributed by atoms with van der Waals surface area (Å²) in [6, 6.07) is 48.1. The van der Waals surface area contributed by atoms with Gasteiger partial charge >= 0.3 is 11.9 Å². The van der Waals surface area contributed by atoms with Gasteiger partial charge in [0.2, 0.25) is 5.91 Å². The van der Waals surface area contributed by atoms with E-state index in [0.29, 0.717) is 5.13 Å². The van der Waals surface area contributed by atoms with Gasteiger partial charge in [0, 0.05) is 23.6 Å². The number of β-lactam (4-membered cyclic amide) rings is 1. The fraction of sp³-hybridized carbons (Fsp3) is 0.273. The summed E-state index contributed by atoms with van der Waals surface area (Å²) in [5.74, 6) is -2.42. The van der Waals surface area contributed by atoms with Gasteiger partial charge in [-0.3, -0.25) is 19.2 Å². The van der Waals surface area contributed by atoms with Crippen molar-refractivity contribution in [3.63, 3.8) is 0 Å². The number of hydrogen-bond acceptors (Lipinski definition) is 12. The van der Waals surface area contributed by atoms with Gasteiger partial charge in [-0.2, -0.15) is 0 Å². The van der Waals surface area contributed by atoms with Crippen molar-refractivity contribution >= 4 is 69.3 Å². The van der Waals surface area contributed by atoms with Gasteiger partial charge in [0.1, 0.15) is 40.3 Å². The van der Waals surface area contributed by atoms with Crippen molar-refractivity contribution in [1.29, 1.82) is 0 Å². The van der Waals surface area contributed by atoms with Crippen LogP contribution >= 0.6 is 34.7 Å². The highest BCUT2D eigenvalue weighted by Crippen LogP contribution is 2.45. The Bertz CT molecular complexity index is 2680. The smallest absolute Gasteiger partial charge is 0.319 e. The highest BCUT2D eigenvalue weighted by atomic mass is 35.5. The number of ether oxygens (including phenoxy) is 2. The van der Waals surface area contributed by atoms with E-state index in [2.05, 4.69) is 52.2 Å². The number of allylic oxidation sites excluding steroid dienone is 1. The van der Waals surface area contributed by atoms with Crippen LogP contribution in [0.25, 0.3) is 0 Å². The van der Waals surface area contributed by atoms with Crippen LogP contribution < -0.4 is 10.6 Å². The zero-order valence-corrected chi connectivity index (χ0v) is 41.6. The molecule has 3 unspecified atom stereocenters. The van der Waals surface area contributed by atoms with E-state index in [1.54, 1.807) is 50.1 Å². The van der Waals surface area contributed by atoms with E-state index in [0.717, 1.165) is 27.8 Å². The number of rotatable bonds is 18. The van der Waals surface area contributed by atoms with Crippen LogP contribution in [0.4, 0.5) is 5.13 Å². The Morgan fingerprint density at radius 3 is 1.89 bits per heavy atom. The lowest BCUT2D eigenvalue weighted by Gasteiger charge is -2.53. The Morgan fingerprint density at radius 2 is 1.37 bits per heavy atom. The normalized spacial score (nSPS) is 18.6. The molecule has 2 N–H and O–H groups in total. The molecular formula is C55H54ClN5O7S2. The second kappa shape index (κ2) is 21.9. The van der Waals surface area contributed by atoms with Crippen LogP contribution in [0.5, 0.6) is 0 Å². The first-order chi connectivity index (χ1) is 33.8. The van der Waals surface area contributed by atoms with Gasteiger partial charge in [0.25, 0.3) is 5.91 Å².